The van der Waals surface area contributed by atoms with Gasteiger partial charge in [-0.25, -0.2) is 9.78 Å². The highest BCUT2D eigenvalue weighted by atomic mass is 16.5. The first-order valence-corrected chi connectivity index (χ1v) is 6.56. The topological polar surface area (TPSA) is 82.2 Å². The Kier molecular flexibility index (Phi) is 3.13. The molecule has 6 nitrogen and oxygen atoms in total. The van der Waals surface area contributed by atoms with E-state index in [2.05, 4.69) is 10.3 Å². The van der Waals surface area contributed by atoms with E-state index in [9.17, 15) is 4.79 Å². The second kappa shape index (κ2) is 4.97. The van der Waals surface area contributed by atoms with Crippen molar-refractivity contribution in [3.05, 3.63) is 53.5 Å². The second-order valence-corrected chi connectivity index (χ2v) is 4.88. The molecule has 0 saturated carbocycles. The molecule has 2 heterocycles. The van der Waals surface area contributed by atoms with Gasteiger partial charge in [-0.15, -0.1) is 0 Å². The quantitative estimate of drug-likeness (QED) is 0.650. The second-order valence-electron chi connectivity index (χ2n) is 4.88. The maximum absolute atomic E-state index is 12.2. The van der Waals surface area contributed by atoms with Gasteiger partial charge in [0.25, 0.3) is 0 Å². The molecule has 1 aliphatic rings. The summed E-state index contributed by atoms with van der Waals surface area (Å²) < 4.78 is 6.84. The van der Waals surface area contributed by atoms with Gasteiger partial charge in [0.2, 0.25) is 5.95 Å². The fourth-order valence-corrected chi connectivity index (χ4v) is 2.58. The molecule has 1 unspecified atom stereocenters. The molecule has 6 heteroatoms. The molecule has 1 aromatic carbocycles. The molecule has 0 fully saturated rings. The van der Waals surface area contributed by atoms with Crippen LogP contribution in [-0.2, 0) is 9.53 Å². The summed E-state index contributed by atoms with van der Waals surface area (Å²) in [5.41, 5.74) is 8.67. The normalized spacial score (nSPS) is 17.1. The molecule has 108 valence electrons. The van der Waals surface area contributed by atoms with Crippen molar-refractivity contribution in [3.63, 3.8) is 0 Å². The van der Waals surface area contributed by atoms with Crippen LogP contribution in [0.15, 0.2) is 47.9 Å². The Morgan fingerprint density at radius 1 is 1.38 bits per heavy atom. The number of ether oxygens (including phenoxy) is 1. The molecule has 0 amide bonds. The maximum atomic E-state index is 12.2. The number of anilines is 2. The molecule has 0 aliphatic carbocycles. The fourth-order valence-electron chi connectivity index (χ4n) is 2.58. The minimum Gasteiger partial charge on any atom is -0.466 e. The van der Waals surface area contributed by atoms with E-state index in [-0.39, 0.29) is 12.0 Å². The van der Waals surface area contributed by atoms with Crippen LogP contribution in [-0.4, -0.2) is 22.6 Å². The Balaban J connectivity index is 2.17. The van der Waals surface area contributed by atoms with Crippen LogP contribution >= 0.6 is 0 Å². The summed E-state index contributed by atoms with van der Waals surface area (Å²) in [5, 5.41) is 3.12. The number of allylic oxidation sites excluding steroid dienone is 1. The van der Waals surface area contributed by atoms with Crippen molar-refractivity contribution in [2.45, 2.75) is 13.0 Å². The fraction of sp³-hybridized carbons (Fsp3) is 0.200. The third-order valence-electron chi connectivity index (χ3n) is 3.58. The summed E-state index contributed by atoms with van der Waals surface area (Å²) >= 11 is 0. The highest BCUT2D eigenvalue weighted by Gasteiger charge is 2.32. The number of benzene rings is 1. The van der Waals surface area contributed by atoms with Crippen molar-refractivity contribution in [3.8, 4) is 0 Å². The predicted octanol–water partition coefficient (Wildman–Crippen LogP) is 1.93. The van der Waals surface area contributed by atoms with E-state index in [1.807, 2.05) is 42.0 Å². The van der Waals surface area contributed by atoms with E-state index in [0.29, 0.717) is 17.2 Å². The third kappa shape index (κ3) is 2.14. The zero-order chi connectivity index (χ0) is 15.0. The van der Waals surface area contributed by atoms with Gasteiger partial charge in [0.1, 0.15) is 0 Å². The zero-order valence-electron chi connectivity index (χ0n) is 11.8. The zero-order valence-corrected chi connectivity index (χ0v) is 11.8. The van der Waals surface area contributed by atoms with Crippen LogP contribution in [0.3, 0.4) is 0 Å². The summed E-state index contributed by atoms with van der Waals surface area (Å²) in [6.07, 6.45) is 3.53. The molecule has 0 spiro atoms. The van der Waals surface area contributed by atoms with Gasteiger partial charge in [-0.3, -0.25) is 0 Å². The Morgan fingerprint density at radius 2 is 2.10 bits per heavy atom. The van der Waals surface area contributed by atoms with Gasteiger partial charge in [0.15, 0.2) is 0 Å². The van der Waals surface area contributed by atoms with Gasteiger partial charge in [-0.2, -0.15) is 0 Å². The summed E-state index contributed by atoms with van der Waals surface area (Å²) in [6, 6.07) is 7.17. The molecule has 1 aliphatic heterocycles. The van der Waals surface area contributed by atoms with Crippen LogP contribution in [0, 0.1) is 0 Å². The highest BCUT2D eigenvalue weighted by molar-refractivity contribution is 5.92. The highest BCUT2D eigenvalue weighted by Crippen LogP contribution is 2.36. The Hall–Kier alpha value is -2.76. The first-order valence-electron chi connectivity index (χ1n) is 6.56. The number of imidazole rings is 1. The van der Waals surface area contributed by atoms with Gasteiger partial charge in [-0.1, -0.05) is 12.1 Å². The van der Waals surface area contributed by atoms with E-state index < -0.39 is 0 Å². The predicted molar refractivity (Wildman–Crippen MR) is 79.6 cm³/mol. The van der Waals surface area contributed by atoms with Crippen molar-refractivity contribution in [1.29, 1.82) is 0 Å². The first-order chi connectivity index (χ1) is 10.1. The molecule has 1 aromatic heterocycles. The van der Waals surface area contributed by atoms with E-state index in [0.717, 1.165) is 11.3 Å². The Morgan fingerprint density at radius 3 is 2.76 bits per heavy atom. The van der Waals surface area contributed by atoms with Crippen molar-refractivity contribution in [1.82, 2.24) is 9.55 Å². The summed E-state index contributed by atoms with van der Waals surface area (Å²) in [5.74, 6) is 0.336. The van der Waals surface area contributed by atoms with Crippen LogP contribution in [0.4, 0.5) is 11.6 Å². The van der Waals surface area contributed by atoms with Crippen LogP contribution in [0.1, 0.15) is 18.5 Å². The summed E-state index contributed by atoms with van der Waals surface area (Å²) in [6.45, 7) is 1.84. The van der Waals surface area contributed by atoms with Crippen molar-refractivity contribution >= 4 is 17.6 Å². The maximum Gasteiger partial charge on any atom is 0.337 e. The molecule has 0 saturated heterocycles. The van der Waals surface area contributed by atoms with E-state index >= 15 is 0 Å². The SMILES string of the molecule is COC(=O)C1=C(C)Nc2nccn2C1c1ccc(N)cc1. The van der Waals surface area contributed by atoms with Crippen LogP contribution in [0.5, 0.6) is 0 Å². The lowest BCUT2D eigenvalue weighted by molar-refractivity contribution is -0.136. The number of nitrogens with one attached hydrogen (secondary N) is 1. The number of hydrogen-bond donors (Lipinski definition) is 2. The smallest absolute Gasteiger partial charge is 0.337 e. The van der Waals surface area contributed by atoms with Gasteiger partial charge < -0.3 is 20.4 Å². The molecule has 0 radical (unpaired) electrons. The van der Waals surface area contributed by atoms with Gasteiger partial charge >= 0.3 is 5.97 Å². The molecule has 0 bridgehead atoms. The van der Waals surface area contributed by atoms with Crippen molar-refractivity contribution in [2.24, 2.45) is 0 Å². The van der Waals surface area contributed by atoms with Crippen molar-refractivity contribution < 1.29 is 9.53 Å². The van der Waals surface area contributed by atoms with Crippen LogP contribution in [0.2, 0.25) is 0 Å². The molecule has 1 atom stereocenters. The lowest BCUT2D eigenvalue weighted by Gasteiger charge is -2.29. The Labute approximate surface area is 122 Å². The molecule has 3 rings (SSSR count). The molecule has 3 N–H and O–H groups in total. The number of carbonyl (C=O) groups is 1. The molecule has 2 aromatic rings. The average Bonchev–Trinajstić information content (AvgIpc) is 2.94. The first kappa shape index (κ1) is 13.2. The molecular weight excluding hydrogens is 268 g/mol. The monoisotopic (exact) mass is 284 g/mol. The average molecular weight is 284 g/mol. The number of carbonyl (C=O) groups excluding carboxylic acids is 1. The number of esters is 1. The van der Waals surface area contributed by atoms with E-state index in [4.69, 9.17) is 10.5 Å². The van der Waals surface area contributed by atoms with E-state index in [1.165, 1.54) is 7.11 Å². The van der Waals surface area contributed by atoms with Crippen LogP contribution in [0.25, 0.3) is 0 Å². The number of methoxy groups -OCH3 is 1. The summed E-state index contributed by atoms with van der Waals surface area (Å²) in [4.78, 5) is 16.4. The number of nitrogens with zero attached hydrogens (tertiary/aromatic N) is 2. The van der Waals surface area contributed by atoms with Gasteiger partial charge in [0, 0.05) is 23.8 Å². The number of hydrogen-bond acceptors (Lipinski definition) is 5. The van der Waals surface area contributed by atoms with Gasteiger partial charge in [-0.05, 0) is 24.6 Å². The third-order valence-corrected chi connectivity index (χ3v) is 3.58. The minimum absolute atomic E-state index is 0.281. The number of nitrogens with two attached hydrogens (primary N) is 1. The number of aromatic nitrogens is 2. The lowest BCUT2D eigenvalue weighted by Crippen LogP contribution is -2.28. The number of nitrogen functional groups attached to an aromatic ring is 1. The lowest BCUT2D eigenvalue weighted by atomic mass is 9.95. The summed E-state index contributed by atoms with van der Waals surface area (Å²) in [7, 11) is 1.38. The van der Waals surface area contributed by atoms with E-state index in [1.54, 1.807) is 6.20 Å². The van der Waals surface area contributed by atoms with Crippen molar-refractivity contribution in [2.75, 3.05) is 18.2 Å². The number of rotatable bonds is 2. The van der Waals surface area contributed by atoms with Crippen LogP contribution < -0.4 is 11.1 Å². The standard InChI is InChI=1S/C15H16N4O2/c1-9-12(14(20)21-2)13(10-3-5-11(16)6-4-10)19-8-7-17-15(19)18-9/h3-8,13H,16H2,1-2H3,(H,17,18). The Bertz CT molecular complexity index is 716. The van der Waals surface area contributed by atoms with Gasteiger partial charge in [0.05, 0.1) is 18.7 Å². The minimum atomic E-state index is -0.360. The largest absolute Gasteiger partial charge is 0.466 e. The number of fused-ring (bicyclic) bond motifs is 1. The molecule has 21 heavy (non-hydrogen) atoms. The molecular formula is C15H16N4O2.